The predicted octanol–water partition coefficient (Wildman–Crippen LogP) is 6.82. The summed E-state index contributed by atoms with van der Waals surface area (Å²) in [6.07, 6.45) is 0.646. The Morgan fingerprint density at radius 1 is 0.938 bits per heavy atom. The molecule has 0 aliphatic carbocycles. The van der Waals surface area contributed by atoms with Crippen LogP contribution in [-0.2, 0) is 22.6 Å². The van der Waals surface area contributed by atoms with Crippen LogP contribution < -0.4 is 9.47 Å². The van der Waals surface area contributed by atoms with E-state index < -0.39 is 5.82 Å². The van der Waals surface area contributed by atoms with Crippen LogP contribution in [0.25, 0.3) is 0 Å². The maximum Gasteiger partial charge on any atom is 0.306 e. The van der Waals surface area contributed by atoms with Gasteiger partial charge in [0.1, 0.15) is 18.1 Å². The van der Waals surface area contributed by atoms with Gasteiger partial charge in [-0.05, 0) is 66.3 Å². The molecule has 0 aliphatic heterocycles. The minimum Gasteiger partial charge on any atom is -0.486 e. The van der Waals surface area contributed by atoms with Gasteiger partial charge in [0.2, 0.25) is 0 Å². The zero-order valence-electron chi connectivity index (χ0n) is 18.8. The van der Waals surface area contributed by atoms with Crippen LogP contribution in [0.15, 0.2) is 66.7 Å². The average molecular weight is 437 g/mol. The van der Waals surface area contributed by atoms with E-state index in [1.54, 1.807) is 19.1 Å². The van der Waals surface area contributed by atoms with Crippen LogP contribution in [0.4, 0.5) is 4.39 Å². The van der Waals surface area contributed by atoms with E-state index in [9.17, 15) is 9.18 Å². The molecule has 0 N–H and O–H groups in total. The Morgan fingerprint density at radius 2 is 1.75 bits per heavy atom. The number of carbonyl (C=O) groups excluding carboxylic acids is 1. The molecule has 3 rings (SSSR count). The summed E-state index contributed by atoms with van der Waals surface area (Å²) in [5.41, 5.74) is 2.73. The Morgan fingerprint density at radius 3 is 2.50 bits per heavy atom. The number of hydrogen-bond acceptors (Lipinski definition) is 4. The van der Waals surface area contributed by atoms with E-state index in [0.717, 1.165) is 22.4 Å². The molecule has 32 heavy (non-hydrogen) atoms. The number of hydrogen-bond donors (Lipinski definition) is 0. The standard InChI is InChI=1S/C27H29FO4/c1-4-30-27(29)15-13-20-12-14-26(24(28)17-20)31-18-21-8-7-9-22(16-21)32-25-11-6-5-10-23(25)19(2)3/h5-12,14,16-17,19H,4,13,15,18H2,1-3H3. The van der Waals surface area contributed by atoms with Gasteiger partial charge in [-0.25, -0.2) is 4.39 Å². The predicted molar refractivity (Wildman–Crippen MR) is 123 cm³/mol. The first-order chi connectivity index (χ1) is 15.5. The summed E-state index contributed by atoms with van der Waals surface area (Å²) in [5.74, 6) is 1.30. The normalized spacial score (nSPS) is 10.8. The fraction of sp³-hybridized carbons (Fsp3) is 0.296. The molecule has 4 nitrogen and oxygen atoms in total. The minimum absolute atomic E-state index is 0.168. The molecular weight excluding hydrogens is 407 g/mol. The number of para-hydroxylation sites is 1. The van der Waals surface area contributed by atoms with Crippen LogP contribution in [0, 0.1) is 5.82 Å². The van der Waals surface area contributed by atoms with Gasteiger partial charge in [-0.15, -0.1) is 0 Å². The first-order valence-electron chi connectivity index (χ1n) is 10.9. The van der Waals surface area contributed by atoms with Crippen molar-refractivity contribution in [1.82, 2.24) is 0 Å². The first-order valence-corrected chi connectivity index (χ1v) is 10.9. The SMILES string of the molecule is CCOC(=O)CCc1ccc(OCc2cccc(Oc3ccccc3C(C)C)c2)c(F)c1. The van der Waals surface area contributed by atoms with Crippen molar-refractivity contribution < 1.29 is 23.4 Å². The summed E-state index contributed by atoms with van der Waals surface area (Å²) >= 11 is 0. The Bertz CT molecular complexity index is 1050. The van der Waals surface area contributed by atoms with Crippen molar-refractivity contribution in [2.45, 2.75) is 46.1 Å². The van der Waals surface area contributed by atoms with Crippen molar-refractivity contribution in [3.63, 3.8) is 0 Å². The zero-order valence-corrected chi connectivity index (χ0v) is 18.8. The second kappa shape index (κ2) is 11.3. The summed E-state index contributed by atoms with van der Waals surface area (Å²) in [5, 5.41) is 0. The average Bonchev–Trinajstić information content (AvgIpc) is 2.78. The minimum atomic E-state index is -0.454. The molecule has 3 aromatic rings. The summed E-state index contributed by atoms with van der Waals surface area (Å²) in [6, 6.07) is 20.3. The van der Waals surface area contributed by atoms with Crippen molar-refractivity contribution >= 4 is 5.97 Å². The van der Waals surface area contributed by atoms with Crippen molar-refractivity contribution in [2.24, 2.45) is 0 Å². The maximum absolute atomic E-state index is 14.4. The molecule has 0 saturated heterocycles. The number of aryl methyl sites for hydroxylation is 1. The monoisotopic (exact) mass is 436 g/mol. The second-order valence-corrected chi connectivity index (χ2v) is 7.80. The number of ether oxygens (including phenoxy) is 3. The quantitative estimate of drug-likeness (QED) is 0.327. The molecule has 0 atom stereocenters. The van der Waals surface area contributed by atoms with Crippen molar-refractivity contribution in [1.29, 1.82) is 0 Å². The van der Waals surface area contributed by atoms with Gasteiger partial charge in [0, 0.05) is 6.42 Å². The highest BCUT2D eigenvalue weighted by atomic mass is 19.1. The van der Waals surface area contributed by atoms with Gasteiger partial charge in [-0.3, -0.25) is 4.79 Å². The van der Waals surface area contributed by atoms with Gasteiger partial charge in [-0.1, -0.05) is 50.2 Å². The molecule has 0 unspecified atom stereocenters. The first kappa shape index (κ1) is 23.3. The van der Waals surface area contributed by atoms with Gasteiger partial charge in [0.05, 0.1) is 6.61 Å². The van der Waals surface area contributed by atoms with Crippen molar-refractivity contribution in [2.75, 3.05) is 6.61 Å². The molecule has 168 valence electrons. The Hall–Kier alpha value is -3.34. The van der Waals surface area contributed by atoms with E-state index in [2.05, 4.69) is 19.9 Å². The summed E-state index contributed by atoms with van der Waals surface area (Å²) in [6.45, 7) is 6.57. The number of benzene rings is 3. The molecule has 0 saturated carbocycles. The maximum atomic E-state index is 14.4. The van der Waals surface area contributed by atoms with Gasteiger partial charge < -0.3 is 14.2 Å². The van der Waals surface area contributed by atoms with Gasteiger partial charge in [0.25, 0.3) is 0 Å². The number of halogens is 1. The topological polar surface area (TPSA) is 44.8 Å². The molecule has 0 aromatic heterocycles. The largest absolute Gasteiger partial charge is 0.486 e. The molecule has 0 aliphatic rings. The number of esters is 1. The van der Waals surface area contributed by atoms with E-state index in [0.29, 0.717) is 24.7 Å². The van der Waals surface area contributed by atoms with E-state index in [1.807, 2.05) is 42.5 Å². The molecular formula is C27H29FO4. The molecule has 0 heterocycles. The Labute approximate surface area is 188 Å². The molecule has 0 spiro atoms. The molecule has 0 amide bonds. The summed E-state index contributed by atoms with van der Waals surface area (Å²) < 4.78 is 31.1. The molecule has 0 fully saturated rings. The third-order valence-corrected chi connectivity index (χ3v) is 4.98. The van der Waals surface area contributed by atoms with Crippen molar-refractivity contribution in [3.8, 4) is 17.2 Å². The van der Waals surface area contributed by atoms with E-state index in [4.69, 9.17) is 14.2 Å². The Balaban J connectivity index is 1.61. The zero-order chi connectivity index (χ0) is 22.9. The second-order valence-electron chi connectivity index (χ2n) is 7.80. The highest BCUT2D eigenvalue weighted by molar-refractivity contribution is 5.69. The lowest BCUT2D eigenvalue weighted by Gasteiger charge is -2.14. The smallest absolute Gasteiger partial charge is 0.306 e. The fourth-order valence-electron chi connectivity index (χ4n) is 3.33. The molecule has 3 aromatic carbocycles. The van der Waals surface area contributed by atoms with E-state index in [1.165, 1.54) is 6.07 Å². The van der Waals surface area contributed by atoms with E-state index in [-0.39, 0.29) is 24.7 Å². The van der Waals surface area contributed by atoms with Gasteiger partial charge >= 0.3 is 5.97 Å². The molecule has 0 radical (unpaired) electrons. The number of rotatable bonds is 10. The van der Waals surface area contributed by atoms with Crippen LogP contribution >= 0.6 is 0 Å². The third kappa shape index (κ3) is 6.58. The van der Waals surface area contributed by atoms with Crippen LogP contribution in [0.3, 0.4) is 0 Å². The Kier molecular flexibility index (Phi) is 8.26. The summed E-state index contributed by atoms with van der Waals surface area (Å²) in [7, 11) is 0. The van der Waals surface area contributed by atoms with Crippen LogP contribution in [0.2, 0.25) is 0 Å². The molecule has 0 bridgehead atoms. The van der Waals surface area contributed by atoms with Crippen LogP contribution in [0.5, 0.6) is 17.2 Å². The third-order valence-electron chi connectivity index (χ3n) is 4.98. The van der Waals surface area contributed by atoms with Crippen molar-refractivity contribution in [3.05, 3.63) is 89.2 Å². The van der Waals surface area contributed by atoms with Gasteiger partial charge in [-0.2, -0.15) is 0 Å². The van der Waals surface area contributed by atoms with Crippen LogP contribution in [-0.4, -0.2) is 12.6 Å². The highest BCUT2D eigenvalue weighted by Gasteiger charge is 2.10. The van der Waals surface area contributed by atoms with Gasteiger partial charge in [0.15, 0.2) is 11.6 Å². The summed E-state index contributed by atoms with van der Waals surface area (Å²) in [4.78, 5) is 11.5. The van der Waals surface area contributed by atoms with Crippen LogP contribution in [0.1, 0.15) is 49.8 Å². The lowest BCUT2D eigenvalue weighted by molar-refractivity contribution is -0.143. The fourth-order valence-corrected chi connectivity index (χ4v) is 3.33. The molecule has 5 heteroatoms. The lowest BCUT2D eigenvalue weighted by Crippen LogP contribution is -2.05. The highest BCUT2D eigenvalue weighted by Crippen LogP contribution is 2.31. The van der Waals surface area contributed by atoms with E-state index >= 15 is 0 Å². The lowest BCUT2D eigenvalue weighted by atomic mass is 10.0. The number of carbonyl (C=O) groups is 1.